The first-order valence-corrected chi connectivity index (χ1v) is 4.99. The number of hydrogen-bond donors (Lipinski definition) is 0. The van der Waals surface area contributed by atoms with Crippen LogP contribution in [0.1, 0.15) is 25.5 Å². The van der Waals surface area contributed by atoms with Crippen molar-refractivity contribution in [2.75, 3.05) is 0 Å². The lowest BCUT2D eigenvalue weighted by molar-refractivity contribution is 0.786. The third-order valence-electron chi connectivity index (χ3n) is 1.97. The van der Waals surface area contributed by atoms with E-state index in [1.165, 1.54) is 0 Å². The van der Waals surface area contributed by atoms with Crippen molar-refractivity contribution in [1.82, 2.24) is 14.8 Å². The van der Waals surface area contributed by atoms with Crippen LogP contribution < -0.4 is 0 Å². The van der Waals surface area contributed by atoms with Crippen molar-refractivity contribution in [2.24, 2.45) is 0 Å². The Labute approximate surface area is 84.9 Å². The van der Waals surface area contributed by atoms with Crippen molar-refractivity contribution >= 4 is 21.4 Å². The molecule has 0 saturated carbocycles. The Bertz CT molecular complexity index is 433. The first-order chi connectivity index (χ1) is 6.20. The lowest BCUT2D eigenvalue weighted by Gasteiger charge is -1.99. The Kier molecular flexibility index (Phi) is 2.07. The molecule has 0 fully saturated rings. The van der Waals surface area contributed by atoms with Crippen LogP contribution in [-0.2, 0) is 0 Å². The Morgan fingerprint density at radius 1 is 1.38 bits per heavy atom. The molecule has 3 nitrogen and oxygen atoms in total. The molecule has 13 heavy (non-hydrogen) atoms. The van der Waals surface area contributed by atoms with E-state index in [0.717, 1.165) is 15.8 Å². The van der Waals surface area contributed by atoms with Gasteiger partial charge in [-0.2, -0.15) is 0 Å². The maximum atomic E-state index is 4.14. The van der Waals surface area contributed by atoms with Crippen molar-refractivity contribution in [3.63, 3.8) is 0 Å². The van der Waals surface area contributed by atoms with E-state index in [-0.39, 0.29) is 0 Å². The van der Waals surface area contributed by atoms with Crippen molar-refractivity contribution in [1.29, 1.82) is 0 Å². The summed E-state index contributed by atoms with van der Waals surface area (Å²) < 4.78 is 2.74. The summed E-state index contributed by atoms with van der Waals surface area (Å²) in [5.41, 5.74) is 2.12. The van der Waals surface area contributed by atoms with Crippen LogP contribution in [0.5, 0.6) is 0 Å². The van der Waals surface area contributed by atoms with Gasteiger partial charge in [-0.15, -0.1) is 5.10 Å². The number of aromatic nitrogens is 3. The van der Waals surface area contributed by atoms with Crippen LogP contribution >= 0.6 is 15.9 Å². The third kappa shape index (κ3) is 1.35. The summed E-state index contributed by atoms with van der Waals surface area (Å²) in [5.74, 6) is 0.409. The summed E-state index contributed by atoms with van der Waals surface area (Å²) in [6.07, 6.45) is 0. The molecule has 0 bridgehead atoms. The van der Waals surface area contributed by atoms with E-state index in [9.17, 15) is 0 Å². The summed E-state index contributed by atoms with van der Waals surface area (Å²) in [4.78, 5) is 0. The van der Waals surface area contributed by atoms with Crippen molar-refractivity contribution in [2.45, 2.75) is 19.8 Å². The molecular weight excluding hydrogens is 230 g/mol. The smallest absolute Gasteiger partial charge is 0.110 e. The van der Waals surface area contributed by atoms with Crippen LogP contribution in [-0.4, -0.2) is 14.8 Å². The molecule has 0 aromatic carbocycles. The number of halogens is 1. The first kappa shape index (κ1) is 8.69. The highest BCUT2D eigenvalue weighted by Gasteiger charge is 2.10. The molecular formula is C9H10BrN3. The molecule has 0 atom stereocenters. The van der Waals surface area contributed by atoms with Gasteiger partial charge in [0, 0.05) is 0 Å². The predicted octanol–water partition coefficient (Wildman–Crippen LogP) is 2.62. The second kappa shape index (κ2) is 3.10. The minimum atomic E-state index is 0.409. The van der Waals surface area contributed by atoms with E-state index in [0.29, 0.717) is 5.92 Å². The van der Waals surface area contributed by atoms with Crippen LogP contribution in [0.15, 0.2) is 22.8 Å². The quantitative estimate of drug-likeness (QED) is 0.717. The summed E-state index contributed by atoms with van der Waals surface area (Å²) in [5, 5.41) is 8.20. The maximum absolute atomic E-state index is 4.14. The third-order valence-corrected chi connectivity index (χ3v) is 2.57. The lowest BCUT2D eigenvalue weighted by Crippen LogP contribution is -1.90. The average Bonchev–Trinajstić information content (AvgIpc) is 2.48. The Morgan fingerprint density at radius 2 is 2.15 bits per heavy atom. The normalized spacial score (nSPS) is 11.4. The predicted molar refractivity (Wildman–Crippen MR) is 54.8 cm³/mol. The first-order valence-electron chi connectivity index (χ1n) is 4.20. The highest BCUT2D eigenvalue weighted by Crippen LogP contribution is 2.20. The zero-order valence-electron chi connectivity index (χ0n) is 7.53. The van der Waals surface area contributed by atoms with Gasteiger partial charge in [0.25, 0.3) is 0 Å². The molecule has 0 N–H and O–H groups in total. The van der Waals surface area contributed by atoms with Gasteiger partial charge in [-0.25, -0.2) is 4.52 Å². The van der Waals surface area contributed by atoms with Crippen LogP contribution in [0.4, 0.5) is 0 Å². The van der Waals surface area contributed by atoms with Crippen molar-refractivity contribution in [3.05, 3.63) is 28.5 Å². The average molecular weight is 240 g/mol. The minimum Gasteiger partial charge on any atom is -0.206 e. The molecule has 4 heteroatoms. The SMILES string of the molecule is CC(C)c1nnn2c(Br)cccc12. The molecule has 2 rings (SSSR count). The molecule has 0 saturated heterocycles. The topological polar surface area (TPSA) is 30.2 Å². The van der Waals surface area contributed by atoms with Gasteiger partial charge in [-0.1, -0.05) is 25.1 Å². The van der Waals surface area contributed by atoms with Crippen molar-refractivity contribution in [3.8, 4) is 0 Å². The Balaban J connectivity index is 2.75. The zero-order valence-corrected chi connectivity index (χ0v) is 9.12. The monoisotopic (exact) mass is 239 g/mol. The molecule has 0 aliphatic heterocycles. The molecule has 0 amide bonds. The molecule has 2 aromatic heterocycles. The number of rotatable bonds is 1. The largest absolute Gasteiger partial charge is 0.206 e. The molecule has 0 unspecified atom stereocenters. The van der Waals surface area contributed by atoms with Gasteiger partial charge in [-0.05, 0) is 34.0 Å². The molecule has 2 heterocycles. The van der Waals surface area contributed by atoms with Gasteiger partial charge in [0.1, 0.15) is 4.60 Å². The van der Waals surface area contributed by atoms with Crippen LogP contribution in [0, 0.1) is 0 Å². The van der Waals surface area contributed by atoms with E-state index in [4.69, 9.17) is 0 Å². The molecule has 2 aromatic rings. The van der Waals surface area contributed by atoms with E-state index in [1.54, 1.807) is 4.52 Å². The van der Waals surface area contributed by atoms with Gasteiger partial charge < -0.3 is 0 Å². The van der Waals surface area contributed by atoms with Gasteiger partial charge in [-0.3, -0.25) is 0 Å². The fraction of sp³-hybridized carbons (Fsp3) is 0.333. The van der Waals surface area contributed by atoms with Crippen LogP contribution in [0.3, 0.4) is 0 Å². The van der Waals surface area contributed by atoms with Gasteiger partial charge in [0.15, 0.2) is 0 Å². The molecule has 0 radical (unpaired) electrons. The van der Waals surface area contributed by atoms with E-state index < -0.39 is 0 Å². The van der Waals surface area contributed by atoms with Gasteiger partial charge >= 0.3 is 0 Å². The summed E-state index contributed by atoms with van der Waals surface area (Å²) in [6.45, 7) is 4.23. The highest BCUT2D eigenvalue weighted by molar-refractivity contribution is 9.10. The molecule has 0 aliphatic carbocycles. The number of nitrogens with zero attached hydrogens (tertiary/aromatic N) is 3. The number of pyridine rings is 1. The molecule has 0 aliphatic rings. The second-order valence-corrected chi connectivity index (χ2v) is 4.09. The zero-order chi connectivity index (χ0) is 9.42. The van der Waals surface area contributed by atoms with Gasteiger partial charge in [0.05, 0.1) is 11.2 Å². The van der Waals surface area contributed by atoms with E-state index in [1.807, 2.05) is 18.2 Å². The van der Waals surface area contributed by atoms with Crippen molar-refractivity contribution < 1.29 is 0 Å². The number of fused-ring (bicyclic) bond motifs is 1. The summed E-state index contributed by atoms with van der Waals surface area (Å²) in [7, 11) is 0. The maximum Gasteiger partial charge on any atom is 0.110 e. The Hall–Kier alpha value is -0.900. The lowest BCUT2D eigenvalue weighted by atomic mass is 10.1. The minimum absolute atomic E-state index is 0.409. The molecule has 0 spiro atoms. The molecule has 68 valence electrons. The second-order valence-electron chi connectivity index (χ2n) is 3.27. The fourth-order valence-corrected chi connectivity index (χ4v) is 1.73. The number of hydrogen-bond acceptors (Lipinski definition) is 2. The summed E-state index contributed by atoms with van der Waals surface area (Å²) >= 11 is 3.42. The van der Waals surface area contributed by atoms with Crippen LogP contribution in [0.2, 0.25) is 0 Å². The van der Waals surface area contributed by atoms with E-state index in [2.05, 4.69) is 40.1 Å². The fourth-order valence-electron chi connectivity index (χ4n) is 1.32. The van der Waals surface area contributed by atoms with Crippen LogP contribution in [0.25, 0.3) is 5.52 Å². The van der Waals surface area contributed by atoms with E-state index >= 15 is 0 Å². The highest BCUT2D eigenvalue weighted by atomic mass is 79.9. The standard InChI is InChI=1S/C9H10BrN3/c1-6(2)9-7-4-3-5-8(10)13(7)12-11-9/h3-6H,1-2H3. The Morgan fingerprint density at radius 3 is 2.85 bits per heavy atom. The van der Waals surface area contributed by atoms with Gasteiger partial charge in [0.2, 0.25) is 0 Å². The summed E-state index contributed by atoms with van der Waals surface area (Å²) in [6, 6.07) is 5.97.